The molecule has 116 valence electrons. The van der Waals surface area contributed by atoms with Crippen LogP contribution < -0.4 is 5.32 Å². The van der Waals surface area contributed by atoms with Gasteiger partial charge in [0.15, 0.2) is 4.34 Å². The Morgan fingerprint density at radius 2 is 2.17 bits per heavy atom. The molecule has 0 aliphatic rings. The van der Waals surface area contributed by atoms with Crippen LogP contribution in [-0.2, 0) is 11.8 Å². The maximum absolute atomic E-state index is 11.9. The van der Waals surface area contributed by atoms with Crippen LogP contribution in [0.2, 0.25) is 0 Å². The van der Waals surface area contributed by atoms with Crippen molar-refractivity contribution >= 4 is 40.8 Å². The normalized spacial score (nSPS) is 11.0. The first-order valence-corrected chi connectivity index (χ1v) is 8.40. The van der Waals surface area contributed by atoms with Gasteiger partial charge in [-0.3, -0.25) is 9.48 Å². The Morgan fingerprint density at radius 1 is 1.35 bits per heavy atom. The van der Waals surface area contributed by atoms with Crippen molar-refractivity contribution < 1.29 is 4.79 Å². The predicted molar refractivity (Wildman–Crippen MR) is 91.3 cm³/mol. The van der Waals surface area contributed by atoms with Gasteiger partial charge in [-0.15, -0.1) is 10.2 Å². The van der Waals surface area contributed by atoms with Gasteiger partial charge in [0.2, 0.25) is 5.91 Å². The van der Waals surface area contributed by atoms with Gasteiger partial charge in [0.1, 0.15) is 5.51 Å². The fraction of sp³-hybridized carbons (Fsp3) is 0.0667. The fourth-order valence-corrected chi connectivity index (χ4v) is 3.25. The van der Waals surface area contributed by atoms with Crippen molar-refractivity contribution in [2.24, 2.45) is 7.05 Å². The Labute approximate surface area is 141 Å². The van der Waals surface area contributed by atoms with Crippen LogP contribution in [0.3, 0.4) is 0 Å². The van der Waals surface area contributed by atoms with Gasteiger partial charge < -0.3 is 5.32 Å². The zero-order chi connectivity index (χ0) is 16.1. The second kappa shape index (κ2) is 7.21. The number of benzene rings is 1. The average Bonchev–Trinajstić information content (AvgIpc) is 3.19. The zero-order valence-corrected chi connectivity index (χ0v) is 13.8. The van der Waals surface area contributed by atoms with Crippen LogP contribution in [0.1, 0.15) is 5.56 Å². The van der Waals surface area contributed by atoms with E-state index in [0.29, 0.717) is 0 Å². The molecule has 1 amide bonds. The van der Waals surface area contributed by atoms with E-state index >= 15 is 0 Å². The van der Waals surface area contributed by atoms with Gasteiger partial charge in [0, 0.05) is 35.5 Å². The molecule has 1 aromatic carbocycles. The molecule has 0 saturated heterocycles. The van der Waals surface area contributed by atoms with E-state index in [9.17, 15) is 4.79 Å². The van der Waals surface area contributed by atoms with Gasteiger partial charge in [-0.05, 0) is 30.3 Å². The third-order valence-corrected chi connectivity index (χ3v) is 4.60. The molecule has 0 unspecified atom stereocenters. The number of carbonyl (C=O) groups is 1. The first-order valence-electron chi connectivity index (χ1n) is 6.71. The van der Waals surface area contributed by atoms with E-state index in [4.69, 9.17) is 0 Å². The first-order chi connectivity index (χ1) is 11.2. The smallest absolute Gasteiger partial charge is 0.248 e. The molecule has 2 aromatic heterocycles. The number of nitrogens with one attached hydrogen (secondary N) is 1. The van der Waals surface area contributed by atoms with Gasteiger partial charge in [0.05, 0.1) is 6.20 Å². The third kappa shape index (κ3) is 4.51. The number of carbonyl (C=O) groups excluding carboxylic acids is 1. The lowest BCUT2D eigenvalue weighted by Crippen LogP contribution is -2.07. The number of anilines is 1. The van der Waals surface area contributed by atoms with Crippen LogP contribution in [0.15, 0.2) is 57.5 Å². The maximum atomic E-state index is 11.9. The monoisotopic (exact) mass is 343 g/mol. The minimum absolute atomic E-state index is 0.182. The number of aromatic nitrogens is 4. The number of hydrogen-bond acceptors (Lipinski definition) is 6. The lowest BCUT2D eigenvalue weighted by atomic mass is 10.3. The van der Waals surface area contributed by atoms with Gasteiger partial charge in [-0.2, -0.15) is 5.10 Å². The maximum Gasteiger partial charge on any atom is 0.248 e. The zero-order valence-electron chi connectivity index (χ0n) is 12.2. The summed E-state index contributed by atoms with van der Waals surface area (Å²) < 4.78 is 2.58. The first kappa shape index (κ1) is 15.4. The average molecular weight is 343 g/mol. The van der Waals surface area contributed by atoms with E-state index in [1.165, 1.54) is 17.4 Å². The van der Waals surface area contributed by atoms with Crippen molar-refractivity contribution in [2.75, 3.05) is 5.32 Å². The van der Waals surface area contributed by atoms with Crippen molar-refractivity contribution in [3.05, 3.63) is 53.8 Å². The molecule has 8 heteroatoms. The minimum atomic E-state index is -0.182. The van der Waals surface area contributed by atoms with E-state index in [-0.39, 0.29) is 5.91 Å². The van der Waals surface area contributed by atoms with Gasteiger partial charge in [-0.1, -0.05) is 23.1 Å². The Balaban J connectivity index is 1.57. The molecule has 0 fully saturated rings. The number of aryl methyl sites for hydroxylation is 1. The van der Waals surface area contributed by atoms with Crippen LogP contribution in [0.5, 0.6) is 0 Å². The highest BCUT2D eigenvalue weighted by atomic mass is 32.2. The highest BCUT2D eigenvalue weighted by Crippen LogP contribution is 2.29. The van der Waals surface area contributed by atoms with E-state index in [1.54, 1.807) is 34.2 Å². The number of amides is 1. The molecule has 23 heavy (non-hydrogen) atoms. The summed E-state index contributed by atoms with van der Waals surface area (Å²) in [6, 6.07) is 7.59. The van der Waals surface area contributed by atoms with Crippen molar-refractivity contribution in [2.45, 2.75) is 9.24 Å². The summed E-state index contributed by atoms with van der Waals surface area (Å²) in [5, 5.41) is 14.6. The van der Waals surface area contributed by atoms with Gasteiger partial charge in [-0.25, -0.2) is 0 Å². The van der Waals surface area contributed by atoms with E-state index in [2.05, 4.69) is 20.6 Å². The second-order valence-electron chi connectivity index (χ2n) is 4.60. The number of rotatable bonds is 5. The highest BCUT2D eigenvalue weighted by molar-refractivity contribution is 8.01. The Morgan fingerprint density at radius 3 is 2.83 bits per heavy atom. The van der Waals surface area contributed by atoms with Crippen molar-refractivity contribution in [3.63, 3.8) is 0 Å². The molecule has 0 bridgehead atoms. The third-order valence-electron chi connectivity index (χ3n) is 2.82. The molecular weight excluding hydrogens is 330 g/mol. The minimum Gasteiger partial charge on any atom is -0.323 e. The molecule has 0 radical (unpaired) electrons. The summed E-state index contributed by atoms with van der Waals surface area (Å²) in [5.74, 6) is -0.182. The molecule has 6 nitrogen and oxygen atoms in total. The summed E-state index contributed by atoms with van der Waals surface area (Å²) in [6.45, 7) is 0. The van der Waals surface area contributed by atoms with E-state index in [0.717, 1.165) is 20.5 Å². The Hall–Kier alpha value is -2.45. The molecule has 0 atom stereocenters. The topological polar surface area (TPSA) is 72.7 Å². The fourth-order valence-electron chi connectivity index (χ4n) is 1.80. The van der Waals surface area contributed by atoms with Crippen molar-refractivity contribution in [1.82, 2.24) is 20.0 Å². The quantitative estimate of drug-likeness (QED) is 0.721. The Kier molecular flexibility index (Phi) is 4.84. The second-order valence-corrected chi connectivity index (χ2v) is 6.75. The van der Waals surface area contributed by atoms with E-state index in [1.807, 2.05) is 37.5 Å². The predicted octanol–water partition coefficient (Wildman–Crippen LogP) is 3.07. The SMILES string of the molecule is Cn1cc(/C=C/C(=O)Nc2ccc(Sc3nncs3)cc2)cn1. The standard InChI is InChI=1S/C15H13N5OS2/c1-20-9-11(8-17-20)2-7-14(21)18-12-3-5-13(6-4-12)23-15-19-16-10-22-15/h2-10H,1H3,(H,18,21)/b7-2+. The van der Waals surface area contributed by atoms with Gasteiger partial charge in [0.25, 0.3) is 0 Å². The molecule has 1 N–H and O–H groups in total. The van der Waals surface area contributed by atoms with Crippen molar-refractivity contribution in [1.29, 1.82) is 0 Å². The molecule has 3 rings (SSSR count). The van der Waals surface area contributed by atoms with Gasteiger partial charge >= 0.3 is 0 Å². The lowest BCUT2D eigenvalue weighted by Gasteiger charge is -2.03. The molecule has 2 heterocycles. The molecule has 0 spiro atoms. The number of hydrogen-bond donors (Lipinski definition) is 1. The van der Waals surface area contributed by atoms with Crippen LogP contribution in [-0.4, -0.2) is 25.9 Å². The molecule has 0 saturated carbocycles. The van der Waals surface area contributed by atoms with Crippen LogP contribution >= 0.6 is 23.1 Å². The number of nitrogens with zero attached hydrogens (tertiary/aromatic N) is 4. The molecule has 0 aliphatic heterocycles. The summed E-state index contributed by atoms with van der Waals surface area (Å²) in [6.07, 6.45) is 6.75. The van der Waals surface area contributed by atoms with Crippen LogP contribution in [0.25, 0.3) is 6.08 Å². The molecule has 3 aromatic rings. The summed E-state index contributed by atoms with van der Waals surface area (Å²) in [7, 11) is 1.83. The van der Waals surface area contributed by atoms with Crippen LogP contribution in [0.4, 0.5) is 5.69 Å². The highest BCUT2D eigenvalue weighted by Gasteiger charge is 2.02. The largest absolute Gasteiger partial charge is 0.323 e. The lowest BCUT2D eigenvalue weighted by molar-refractivity contribution is -0.111. The van der Waals surface area contributed by atoms with Crippen molar-refractivity contribution in [3.8, 4) is 0 Å². The summed E-state index contributed by atoms with van der Waals surface area (Å²) in [4.78, 5) is 12.9. The van der Waals surface area contributed by atoms with E-state index < -0.39 is 0 Å². The summed E-state index contributed by atoms with van der Waals surface area (Å²) in [5.41, 5.74) is 3.32. The Bertz CT molecular complexity index is 809. The molecular formula is C15H13N5OS2. The molecule has 0 aliphatic carbocycles. The summed E-state index contributed by atoms with van der Waals surface area (Å²) >= 11 is 3.03. The van der Waals surface area contributed by atoms with Crippen LogP contribution in [0, 0.1) is 0 Å².